The molecule has 1 aliphatic rings. The van der Waals surface area contributed by atoms with Crippen LogP contribution >= 0.6 is 11.8 Å². The summed E-state index contributed by atoms with van der Waals surface area (Å²) >= 11 is -0.248. The summed E-state index contributed by atoms with van der Waals surface area (Å²) < 4.78 is 41.6. The fourth-order valence-electron chi connectivity index (χ4n) is 2.23. The van der Waals surface area contributed by atoms with E-state index in [1.165, 1.54) is 36.3 Å². The Morgan fingerprint density at radius 1 is 1.36 bits per heavy atom. The van der Waals surface area contributed by atoms with Crippen molar-refractivity contribution in [3.05, 3.63) is 35.5 Å². The summed E-state index contributed by atoms with van der Waals surface area (Å²) in [4.78, 5) is 25.4. The molecule has 2 N–H and O–H groups in total. The molecule has 0 saturated heterocycles. The zero-order chi connectivity index (χ0) is 18.6. The summed E-state index contributed by atoms with van der Waals surface area (Å²) in [5, 5.41) is 11.7. The predicted molar refractivity (Wildman–Crippen MR) is 84.7 cm³/mol. The molecule has 136 valence electrons. The van der Waals surface area contributed by atoms with Crippen LogP contribution in [0.5, 0.6) is 0 Å². The van der Waals surface area contributed by atoms with Crippen molar-refractivity contribution >= 4 is 29.3 Å². The number of carbonyl (C=O) groups excluding carboxylic acids is 2. The number of aliphatic hydroxyl groups excluding tert-OH is 1. The smallest absolute Gasteiger partial charge is 0.446 e. The van der Waals surface area contributed by atoms with E-state index in [4.69, 9.17) is 5.11 Å². The van der Waals surface area contributed by atoms with Crippen molar-refractivity contribution in [2.75, 3.05) is 32.1 Å². The zero-order valence-electron chi connectivity index (χ0n) is 13.1. The van der Waals surface area contributed by atoms with Crippen LogP contribution in [0.2, 0.25) is 0 Å². The first-order chi connectivity index (χ1) is 11.7. The second-order valence-electron chi connectivity index (χ2n) is 4.99. The first-order valence-electron chi connectivity index (χ1n) is 7.09. The minimum Gasteiger partial charge on any atom is -0.466 e. The second kappa shape index (κ2) is 7.79. The quantitative estimate of drug-likeness (QED) is 0.584. The lowest BCUT2D eigenvalue weighted by atomic mass is 10.2. The highest BCUT2D eigenvalue weighted by molar-refractivity contribution is 8.00. The Hall–Kier alpha value is -2.20. The van der Waals surface area contributed by atoms with Crippen LogP contribution in [-0.4, -0.2) is 54.2 Å². The third-order valence-electron chi connectivity index (χ3n) is 3.31. The molecule has 6 nitrogen and oxygen atoms in total. The number of hydrogen-bond acceptors (Lipinski definition) is 6. The van der Waals surface area contributed by atoms with Gasteiger partial charge in [-0.05, 0) is 36.0 Å². The molecule has 0 aliphatic carbocycles. The largest absolute Gasteiger partial charge is 0.466 e. The number of nitrogens with zero attached hydrogens (tertiary/aromatic N) is 1. The van der Waals surface area contributed by atoms with E-state index in [0.29, 0.717) is 5.69 Å². The van der Waals surface area contributed by atoms with Gasteiger partial charge in [-0.3, -0.25) is 4.79 Å². The van der Waals surface area contributed by atoms with Gasteiger partial charge < -0.3 is 20.1 Å². The number of carbonyl (C=O) groups is 2. The van der Waals surface area contributed by atoms with Gasteiger partial charge in [-0.15, -0.1) is 0 Å². The number of methoxy groups -OCH3 is 1. The Balaban J connectivity index is 2.20. The Morgan fingerprint density at radius 2 is 2.00 bits per heavy atom. The van der Waals surface area contributed by atoms with Crippen LogP contribution in [0, 0.1) is 0 Å². The first-order valence-corrected chi connectivity index (χ1v) is 7.91. The Kier molecular flexibility index (Phi) is 5.96. The summed E-state index contributed by atoms with van der Waals surface area (Å²) in [6.45, 7) is -0.237. The van der Waals surface area contributed by atoms with Crippen LogP contribution < -0.4 is 5.32 Å². The number of aliphatic hydroxyl groups is 1. The van der Waals surface area contributed by atoms with E-state index >= 15 is 0 Å². The number of ether oxygens (including phenoxy) is 1. The molecule has 2 rings (SSSR count). The standard InChI is InChI=1S/C15H15F3N2O4S/c1-24-14(23)11-8-20(6-7-21)13(22)12(11)19-9-2-4-10(5-3-9)25-15(16,17)18/h2-5,19,21H,6-8H2,1H3. The van der Waals surface area contributed by atoms with Crippen LogP contribution in [0.25, 0.3) is 0 Å². The number of halogens is 3. The SMILES string of the molecule is COC(=O)C1=C(Nc2ccc(SC(F)(F)F)cc2)C(=O)N(CCO)C1. The number of anilines is 1. The summed E-state index contributed by atoms with van der Waals surface area (Å²) in [6.07, 6.45) is 0. The van der Waals surface area contributed by atoms with Gasteiger partial charge in [0.05, 0.1) is 25.8 Å². The molecule has 0 aromatic heterocycles. The highest BCUT2D eigenvalue weighted by atomic mass is 32.2. The maximum absolute atomic E-state index is 12.3. The molecule has 1 amide bonds. The van der Waals surface area contributed by atoms with Crippen LogP contribution in [0.3, 0.4) is 0 Å². The molecule has 0 saturated carbocycles. The van der Waals surface area contributed by atoms with E-state index < -0.39 is 17.4 Å². The third kappa shape index (κ3) is 4.89. The lowest BCUT2D eigenvalue weighted by molar-refractivity contribution is -0.136. The van der Waals surface area contributed by atoms with Gasteiger partial charge in [0.1, 0.15) is 5.70 Å². The lowest BCUT2D eigenvalue weighted by Crippen LogP contribution is -2.31. The number of esters is 1. The fourth-order valence-corrected chi connectivity index (χ4v) is 2.77. The first kappa shape index (κ1) is 19.1. The molecule has 0 unspecified atom stereocenters. The van der Waals surface area contributed by atoms with E-state index in [2.05, 4.69) is 10.1 Å². The predicted octanol–water partition coefficient (Wildman–Crippen LogP) is 1.97. The van der Waals surface area contributed by atoms with Gasteiger partial charge in [0.2, 0.25) is 0 Å². The van der Waals surface area contributed by atoms with Crippen LogP contribution in [0.1, 0.15) is 0 Å². The van der Waals surface area contributed by atoms with Gasteiger partial charge in [0, 0.05) is 17.1 Å². The molecule has 1 aliphatic heterocycles. The maximum atomic E-state index is 12.3. The average Bonchev–Trinajstić information content (AvgIpc) is 2.84. The molecule has 0 atom stereocenters. The van der Waals surface area contributed by atoms with Crippen LogP contribution in [0.4, 0.5) is 18.9 Å². The zero-order valence-corrected chi connectivity index (χ0v) is 13.9. The van der Waals surface area contributed by atoms with E-state index in [-0.39, 0.29) is 47.6 Å². The van der Waals surface area contributed by atoms with Crippen molar-refractivity contribution in [2.45, 2.75) is 10.4 Å². The molecule has 1 aromatic rings. The minimum atomic E-state index is -4.39. The van der Waals surface area contributed by atoms with Crippen molar-refractivity contribution < 1.29 is 32.6 Å². The number of rotatable bonds is 6. The van der Waals surface area contributed by atoms with Gasteiger partial charge in [0.25, 0.3) is 5.91 Å². The molecule has 0 bridgehead atoms. The summed E-state index contributed by atoms with van der Waals surface area (Å²) in [5.74, 6) is -1.19. The normalized spacial score (nSPS) is 14.9. The number of benzene rings is 1. The van der Waals surface area contributed by atoms with Crippen molar-refractivity contribution in [3.63, 3.8) is 0 Å². The molecule has 1 aromatic carbocycles. The monoisotopic (exact) mass is 376 g/mol. The lowest BCUT2D eigenvalue weighted by Gasteiger charge is -2.15. The third-order valence-corrected chi connectivity index (χ3v) is 4.05. The van der Waals surface area contributed by atoms with E-state index in [9.17, 15) is 22.8 Å². The molecule has 1 heterocycles. The molecule has 10 heteroatoms. The van der Waals surface area contributed by atoms with Crippen molar-refractivity contribution in [3.8, 4) is 0 Å². The molecule has 0 radical (unpaired) electrons. The number of β-amino-alcohol motifs (C(OH)–C–C–N with tert-alkyl or cyclic N) is 1. The number of thioether (sulfide) groups is 1. The average molecular weight is 376 g/mol. The van der Waals surface area contributed by atoms with Crippen LogP contribution in [-0.2, 0) is 14.3 Å². The highest BCUT2D eigenvalue weighted by Crippen LogP contribution is 2.37. The number of amides is 1. The molecule has 0 spiro atoms. The molecule has 0 fully saturated rings. The fraction of sp³-hybridized carbons (Fsp3) is 0.333. The summed E-state index contributed by atoms with van der Waals surface area (Å²) in [5.41, 5.74) is -3.96. The minimum absolute atomic E-state index is 0.000114. The van der Waals surface area contributed by atoms with Gasteiger partial charge in [-0.2, -0.15) is 13.2 Å². The van der Waals surface area contributed by atoms with Crippen molar-refractivity contribution in [2.24, 2.45) is 0 Å². The topological polar surface area (TPSA) is 78.9 Å². The Bertz CT molecular complexity index is 689. The number of alkyl halides is 3. The van der Waals surface area contributed by atoms with E-state index in [1.54, 1.807) is 0 Å². The van der Waals surface area contributed by atoms with Gasteiger partial charge in [-0.25, -0.2) is 4.79 Å². The number of hydrogen-bond donors (Lipinski definition) is 2. The van der Waals surface area contributed by atoms with Gasteiger partial charge in [-0.1, -0.05) is 0 Å². The molecular weight excluding hydrogens is 361 g/mol. The Labute approximate surface area is 145 Å². The van der Waals surface area contributed by atoms with E-state index in [0.717, 1.165) is 0 Å². The molecule has 25 heavy (non-hydrogen) atoms. The van der Waals surface area contributed by atoms with Gasteiger partial charge in [0.15, 0.2) is 0 Å². The maximum Gasteiger partial charge on any atom is 0.446 e. The Morgan fingerprint density at radius 3 is 2.52 bits per heavy atom. The van der Waals surface area contributed by atoms with E-state index in [1.807, 2.05) is 0 Å². The van der Waals surface area contributed by atoms with Gasteiger partial charge >= 0.3 is 11.5 Å². The van der Waals surface area contributed by atoms with Crippen molar-refractivity contribution in [1.82, 2.24) is 4.90 Å². The van der Waals surface area contributed by atoms with Crippen LogP contribution in [0.15, 0.2) is 40.4 Å². The molecular formula is C15H15F3N2O4S. The highest BCUT2D eigenvalue weighted by Gasteiger charge is 2.34. The second-order valence-corrected chi connectivity index (χ2v) is 6.13. The number of nitrogens with one attached hydrogen (secondary N) is 1. The summed E-state index contributed by atoms with van der Waals surface area (Å²) in [6, 6.07) is 5.25. The van der Waals surface area contributed by atoms with Crippen molar-refractivity contribution in [1.29, 1.82) is 0 Å². The summed E-state index contributed by atoms with van der Waals surface area (Å²) in [7, 11) is 1.18.